The summed E-state index contributed by atoms with van der Waals surface area (Å²) < 4.78 is 16.3. The first kappa shape index (κ1) is 13.1. The highest BCUT2D eigenvalue weighted by Crippen LogP contribution is 2.39. The molecule has 1 aromatic rings. The zero-order chi connectivity index (χ0) is 13.2. The van der Waals surface area contributed by atoms with Gasteiger partial charge in [0.2, 0.25) is 0 Å². The van der Waals surface area contributed by atoms with E-state index in [1.807, 2.05) is 44.2 Å². The molecule has 1 saturated heterocycles. The van der Waals surface area contributed by atoms with E-state index in [4.69, 9.17) is 14.2 Å². The Hall–Kier alpha value is -1.39. The van der Waals surface area contributed by atoms with Gasteiger partial charge >= 0.3 is 5.97 Å². The van der Waals surface area contributed by atoms with Crippen molar-refractivity contribution in [3.05, 3.63) is 35.9 Å². The van der Waals surface area contributed by atoms with Crippen LogP contribution in [0.2, 0.25) is 0 Å². The van der Waals surface area contributed by atoms with Crippen LogP contribution in [-0.4, -0.2) is 25.0 Å². The smallest absolute Gasteiger partial charge is 0.308 e. The molecule has 0 aliphatic carbocycles. The fraction of sp³-hybridized carbons (Fsp3) is 0.500. The molecule has 1 aliphatic rings. The Labute approximate surface area is 107 Å². The third-order valence-electron chi connectivity index (χ3n) is 2.91. The van der Waals surface area contributed by atoms with Crippen molar-refractivity contribution in [1.82, 2.24) is 0 Å². The lowest BCUT2D eigenvalue weighted by Gasteiger charge is -2.16. The van der Waals surface area contributed by atoms with Crippen LogP contribution in [0.25, 0.3) is 0 Å². The van der Waals surface area contributed by atoms with Crippen molar-refractivity contribution in [2.24, 2.45) is 0 Å². The van der Waals surface area contributed by atoms with Gasteiger partial charge in [-0.2, -0.15) is 0 Å². The molecule has 0 aromatic heterocycles. The monoisotopic (exact) mass is 250 g/mol. The molecule has 0 N–H and O–H groups in total. The van der Waals surface area contributed by atoms with E-state index < -0.39 is 5.79 Å². The molecule has 4 heteroatoms. The van der Waals surface area contributed by atoms with Crippen LogP contribution in [0.3, 0.4) is 0 Å². The van der Waals surface area contributed by atoms with Crippen LogP contribution in [0.4, 0.5) is 0 Å². The maximum Gasteiger partial charge on any atom is 0.308 e. The van der Waals surface area contributed by atoms with Crippen LogP contribution in [0.1, 0.15) is 31.9 Å². The molecule has 0 amide bonds. The number of carbonyl (C=O) groups excluding carboxylic acids is 1. The number of benzene rings is 1. The summed E-state index contributed by atoms with van der Waals surface area (Å²) in [5, 5.41) is 0. The van der Waals surface area contributed by atoms with Gasteiger partial charge in [-0.05, 0) is 19.4 Å². The zero-order valence-corrected chi connectivity index (χ0v) is 10.9. The summed E-state index contributed by atoms with van der Waals surface area (Å²) in [4.78, 5) is 11.4. The number of esters is 1. The summed E-state index contributed by atoms with van der Waals surface area (Å²) >= 11 is 0. The first-order chi connectivity index (χ1) is 8.52. The molecule has 1 heterocycles. The van der Waals surface area contributed by atoms with E-state index in [-0.39, 0.29) is 24.6 Å². The van der Waals surface area contributed by atoms with Crippen molar-refractivity contribution < 1.29 is 19.0 Å². The Morgan fingerprint density at radius 1 is 1.28 bits per heavy atom. The first-order valence-electron chi connectivity index (χ1n) is 5.99. The maximum atomic E-state index is 11.4. The molecule has 1 fully saturated rings. The van der Waals surface area contributed by atoms with Crippen LogP contribution in [0, 0.1) is 0 Å². The number of hydrogen-bond acceptors (Lipinski definition) is 4. The fourth-order valence-electron chi connectivity index (χ4n) is 2.16. The predicted molar refractivity (Wildman–Crippen MR) is 65.9 cm³/mol. The summed E-state index contributed by atoms with van der Waals surface area (Å²) in [6.07, 6.45) is -0.352. The lowest BCUT2D eigenvalue weighted by atomic mass is 10.0. The standard InChI is InChI=1S/C14H18O4/c1-14(2)17-11(9-12(15)16-3)13(18-14)10-7-5-4-6-8-10/h4-8,11,13H,9H2,1-3H3/t11-,13-/m0/s1. The lowest BCUT2D eigenvalue weighted by Crippen LogP contribution is -2.23. The van der Waals surface area contributed by atoms with Crippen LogP contribution in [0.5, 0.6) is 0 Å². The van der Waals surface area contributed by atoms with Gasteiger partial charge in [-0.25, -0.2) is 0 Å². The highest BCUT2D eigenvalue weighted by Gasteiger charge is 2.42. The molecule has 4 nitrogen and oxygen atoms in total. The van der Waals surface area contributed by atoms with Crippen molar-refractivity contribution >= 4 is 5.97 Å². The van der Waals surface area contributed by atoms with Crippen LogP contribution in [-0.2, 0) is 19.0 Å². The number of methoxy groups -OCH3 is 1. The van der Waals surface area contributed by atoms with Gasteiger partial charge in [-0.1, -0.05) is 30.3 Å². The van der Waals surface area contributed by atoms with Crippen molar-refractivity contribution in [1.29, 1.82) is 0 Å². The first-order valence-corrected chi connectivity index (χ1v) is 5.99. The molecular weight excluding hydrogens is 232 g/mol. The molecule has 2 atom stereocenters. The largest absolute Gasteiger partial charge is 0.469 e. The van der Waals surface area contributed by atoms with E-state index in [1.165, 1.54) is 7.11 Å². The summed E-state index contributed by atoms with van der Waals surface area (Å²) in [7, 11) is 1.38. The van der Waals surface area contributed by atoms with Crippen molar-refractivity contribution in [3.8, 4) is 0 Å². The Bertz CT molecular complexity index is 413. The molecule has 0 unspecified atom stereocenters. The van der Waals surface area contributed by atoms with E-state index in [9.17, 15) is 4.79 Å². The summed E-state index contributed by atoms with van der Waals surface area (Å²) in [6, 6.07) is 9.78. The van der Waals surface area contributed by atoms with E-state index in [1.54, 1.807) is 0 Å². The second-order valence-electron chi connectivity index (χ2n) is 4.79. The minimum Gasteiger partial charge on any atom is -0.469 e. The molecule has 0 spiro atoms. The lowest BCUT2D eigenvalue weighted by molar-refractivity contribution is -0.154. The number of ether oxygens (including phenoxy) is 3. The Balaban J connectivity index is 2.18. The van der Waals surface area contributed by atoms with E-state index in [0.29, 0.717) is 0 Å². The van der Waals surface area contributed by atoms with Crippen molar-refractivity contribution in [2.45, 2.75) is 38.3 Å². The van der Waals surface area contributed by atoms with E-state index in [0.717, 1.165) is 5.56 Å². The average Bonchev–Trinajstić information content (AvgIpc) is 2.65. The zero-order valence-electron chi connectivity index (χ0n) is 10.9. The molecule has 0 saturated carbocycles. The Morgan fingerprint density at radius 3 is 2.56 bits per heavy atom. The highest BCUT2D eigenvalue weighted by atomic mass is 16.8. The van der Waals surface area contributed by atoms with Gasteiger partial charge in [0, 0.05) is 0 Å². The van der Waals surface area contributed by atoms with Gasteiger partial charge in [0.05, 0.1) is 13.5 Å². The molecule has 0 radical (unpaired) electrons. The van der Waals surface area contributed by atoms with Gasteiger partial charge in [-0.15, -0.1) is 0 Å². The quantitative estimate of drug-likeness (QED) is 0.773. The third kappa shape index (κ3) is 2.89. The molecule has 1 aromatic carbocycles. The Kier molecular flexibility index (Phi) is 3.68. The molecule has 0 bridgehead atoms. The highest BCUT2D eigenvalue weighted by molar-refractivity contribution is 5.70. The normalized spacial score (nSPS) is 25.9. The third-order valence-corrected chi connectivity index (χ3v) is 2.91. The second kappa shape index (κ2) is 5.08. The second-order valence-corrected chi connectivity index (χ2v) is 4.79. The number of rotatable bonds is 3. The van der Waals surface area contributed by atoms with Gasteiger partial charge in [0.1, 0.15) is 12.2 Å². The molecule has 1 aliphatic heterocycles. The fourth-order valence-corrected chi connectivity index (χ4v) is 2.16. The van der Waals surface area contributed by atoms with Crippen LogP contribution >= 0.6 is 0 Å². The van der Waals surface area contributed by atoms with Gasteiger partial charge < -0.3 is 14.2 Å². The summed E-state index contributed by atoms with van der Waals surface area (Å²) in [5.41, 5.74) is 1.01. The predicted octanol–water partition coefficient (Wildman–Crippen LogP) is 2.44. The molecule has 18 heavy (non-hydrogen) atoms. The van der Waals surface area contributed by atoms with Crippen LogP contribution in [0.15, 0.2) is 30.3 Å². The SMILES string of the molecule is COC(=O)C[C@@H]1OC(C)(C)O[C@H]1c1ccccc1. The Morgan fingerprint density at radius 2 is 1.94 bits per heavy atom. The van der Waals surface area contributed by atoms with Crippen LogP contribution < -0.4 is 0 Å². The van der Waals surface area contributed by atoms with Gasteiger partial charge in [-0.3, -0.25) is 4.79 Å². The van der Waals surface area contributed by atoms with Gasteiger partial charge in [0.15, 0.2) is 5.79 Å². The van der Waals surface area contributed by atoms with Crippen molar-refractivity contribution in [2.75, 3.05) is 7.11 Å². The maximum absolute atomic E-state index is 11.4. The number of hydrogen-bond donors (Lipinski definition) is 0. The minimum atomic E-state index is -0.681. The van der Waals surface area contributed by atoms with Crippen molar-refractivity contribution in [3.63, 3.8) is 0 Å². The summed E-state index contributed by atoms with van der Waals surface area (Å²) in [6.45, 7) is 3.69. The van der Waals surface area contributed by atoms with E-state index in [2.05, 4.69) is 0 Å². The summed E-state index contributed by atoms with van der Waals surface area (Å²) in [5.74, 6) is -0.971. The van der Waals surface area contributed by atoms with E-state index >= 15 is 0 Å². The van der Waals surface area contributed by atoms with Gasteiger partial charge in [0.25, 0.3) is 0 Å². The average molecular weight is 250 g/mol. The topological polar surface area (TPSA) is 44.8 Å². The molecular formula is C14H18O4. The minimum absolute atomic E-state index is 0.194. The molecule has 2 rings (SSSR count). The number of carbonyl (C=O) groups is 1. The molecule has 98 valence electrons.